The van der Waals surface area contributed by atoms with Crippen molar-refractivity contribution in [2.75, 3.05) is 6.54 Å². The Morgan fingerprint density at radius 2 is 1.74 bits per heavy atom. The van der Waals surface area contributed by atoms with Crippen LogP contribution < -0.4 is 0 Å². The van der Waals surface area contributed by atoms with Gasteiger partial charge in [0.25, 0.3) is 5.91 Å². The highest BCUT2D eigenvalue weighted by atomic mass is 16.4. The summed E-state index contributed by atoms with van der Waals surface area (Å²) < 4.78 is 0. The number of aliphatic carboxylic acids is 1. The number of hydrogen-bond acceptors (Lipinski definition) is 3. The number of hydrogen-bond donors (Lipinski definition) is 2. The van der Waals surface area contributed by atoms with Crippen molar-refractivity contribution in [2.45, 2.75) is 18.9 Å². The van der Waals surface area contributed by atoms with E-state index in [2.05, 4.69) is 10.2 Å². The van der Waals surface area contributed by atoms with E-state index in [-0.39, 0.29) is 18.4 Å². The molecule has 6 nitrogen and oxygen atoms in total. The van der Waals surface area contributed by atoms with Crippen LogP contribution in [0.1, 0.15) is 40.5 Å². The summed E-state index contributed by atoms with van der Waals surface area (Å²) in [6, 6.07) is 19.3. The Morgan fingerprint density at radius 1 is 1.07 bits per heavy atom. The minimum Gasteiger partial charge on any atom is -0.481 e. The van der Waals surface area contributed by atoms with E-state index in [1.165, 1.54) is 0 Å². The second-order valence-electron chi connectivity index (χ2n) is 6.54. The van der Waals surface area contributed by atoms with Gasteiger partial charge in [0.2, 0.25) is 0 Å². The van der Waals surface area contributed by atoms with Crippen molar-refractivity contribution in [3.8, 4) is 11.3 Å². The molecule has 136 valence electrons. The average Bonchev–Trinajstić information content (AvgIpc) is 3.23. The largest absolute Gasteiger partial charge is 0.481 e. The Labute approximate surface area is 156 Å². The molecule has 0 saturated carbocycles. The predicted octanol–water partition coefficient (Wildman–Crippen LogP) is 3.49. The third kappa shape index (κ3) is 3.10. The van der Waals surface area contributed by atoms with Gasteiger partial charge in [0, 0.05) is 24.1 Å². The van der Waals surface area contributed by atoms with Gasteiger partial charge in [-0.25, -0.2) is 0 Å². The van der Waals surface area contributed by atoms with Crippen LogP contribution in [0.2, 0.25) is 0 Å². The SMILES string of the molecule is O=C(O)CCCN1C(=O)c2[nH]nc(-c3ccccc3)c2C1c1ccccc1. The van der Waals surface area contributed by atoms with Gasteiger partial charge >= 0.3 is 5.97 Å². The van der Waals surface area contributed by atoms with Crippen LogP contribution in [-0.2, 0) is 4.79 Å². The summed E-state index contributed by atoms with van der Waals surface area (Å²) in [5, 5.41) is 16.3. The number of H-pyrrole nitrogens is 1. The minimum atomic E-state index is -0.858. The molecule has 2 N–H and O–H groups in total. The summed E-state index contributed by atoms with van der Waals surface area (Å²) in [6.07, 6.45) is 0.436. The molecule has 0 aliphatic carbocycles. The topological polar surface area (TPSA) is 86.3 Å². The first-order valence-electron chi connectivity index (χ1n) is 8.88. The molecule has 1 amide bonds. The van der Waals surface area contributed by atoms with E-state index in [0.717, 1.165) is 22.4 Å². The first-order valence-corrected chi connectivity index (χ1v) is 8.88. The molecule has 0 saturated heterocycles. The minimum absolute atomic E-state index is 0.0308. The molecule has 6 heteroatoms. The Balaban J connectivity index is 1.78. The van der Waals surface area contributed by atoms with Gasteiger partial charge in [-0.2, -0.15) is 5.10 Å². The number of carboxylic acid groups (broad SMARTS) is 1. The predicted molar refractivity (Wildman–Crippen MR) is 100 cm³/mol. The molecule has 0 fully saturated rings. The molecule has 3 aromatic rings. The number of rotatable bonds is 6. The molecule has 0 bridgehead atoms. The van der Waals surface area contributed by atoms with Gasteiger partial charge in [0.15, 0.2) is 0 Å². The zero-order valence-corrected chi connectivity index (χ0v) is 14.6. The number of aromatic amines is 1. The highest BCUT2D eigenvalue weighted by Crippen LogP contribution is 2.42. The van der Waals surface area contributed by atoms with Gasteiger partial charge in [-0.15, -0.1) is 0 Å². The molecule has 2 aromatic carbocycles. The summed E-state index contributed by atoms with van der Waals surface area (Å²) in [6.45, 7) is 0.376. The fourth-order valence-corrected chi connectivity index (χ4v) is 3.63. The number of carbonyl (C=O) groups is 2. The van der Waals surface area contributed by atoms with E-state index in [1.807, 2.05) is 60.7 Å². The molecule has 1 atom stereocenters. The fourth-order valence-electron chi connectivity index (χ4n) is 3.63. The van der Waals surface area contributed by atoms with E-state index in [0.29, 0.717) is 18.7 Å². The zero-order valence-electron chi connectivity index (χ0n) is 14.6. The third-order valence-corrected chi connectivity index (χ3v) is 4.82. The molecule has 0 radical (unpaired) electrons. The van der Waals surface area contributed by atoms with Crippen molar-refractivity contribution in [1.82, 2.24) is 15.1 Å². The molecule has 0 spiro atoms. The zero-order chi connectivity index (χ0) is 18.8. The Morgan fingerprint density at radius 3 is 2.41 bits per heavy atom. The van der Waals surface area contributed by atoms with E-state index in [4.69, 9.17) is 5.11 Å². The number of carbonyl (C=O) groups excluding carboxylic acids is 1. The number of fused-ring (bicyclic) bond motifs is 1. The van der Waals surface area contributed by atoms with Crippen LogP contribution in [0.4, 0.5) is 0 Å². The molecule has 1 aliphatic rings. The lowest BCUT2D eigenvalue weighted by Crippen LogP contribution is -2.30. The molecular formula is C21H19N3O3. The van der Waals surface area contributed by atoms with Gasteiger partial charge in [-0.3, -0.25) is 14.7 Å². The first kappa shape index (κ1) is 17.0. The van der Waals surface area contributed by atoms with Crippen LogP contribution in [0.15, 0.2) is 60.7 Å². The van der Waals surface area contributed by atoms with Gasteiger partial charge < -0.3 is 10.0 Å². The number of carboxylic acids is 1. The Bertz CT molecular complexity index is 967. The van der Waals surface area contributed by atoms with Crippen LogP contribution in [0.5, 0.6) is 0 Å². The van der Waals surface area contributed by atoms with Gasteiger partial charge in [0.05, 0.1) is 11.7 Å². The summed E-state index contributed by atoms with van der Waals surface area (Å²) >= 11 is 0. The molecular weight excluding hydrogens is 342 g/mol. The second-order valence-corrected chi connectivity index (χ2v) is 6.54. The Kier molecular flexibility index (Phi) is 4.46. The van der Waals surface area contributed by atoms with Crippen molar-refractivity contribution in [1.29, 1.82) is 0 Å². The molecule has 4 rings (SSSR count). The summed E-state index contributed by atoms with van der Waals surface area (Å²) in [4.78, 5) is 25.6. The summed E-state index contributed by atoms with van der Waals surface area (Å²) in [5.41, 5.74) is 4.02. The maximum Gasteiger partial charge on any atom is 0.303 e. The van der Waals surface area contributed by atoms with E-state index < -0.39 is 5.97 Å². The average molecular weight is 361 g/mol. The number of nitrogens with one attached hydrogen (secondary N) is 1. The Hall–Kier alpha value is -3.41. The molecule has 27 heavy (non-hydrogen) atoms. The van der Waals surface area contributed by atoms with Crippen LogP contribution >= 0.6 is 0 Å². The summed E-state index contributed by atoms with van der Waals surface area (Å²) in [5.74, 6) is -0.998. The van der Waals surface area contributed by atoms with Crippen LogP contribution in [0.3, 0.4) is 0 Å². The number of nitrogens with zero attached hydrogens (tertiary/aromatic N) is 2. The quantitative estimate of drug-likeness (QED) is 0.704. The molecule has 1 unspecified atom stereocenters. The monoisotopic (exact) mass is 361 g/mol. The van der Waals surface area contributed by atoms with E-state index in [1.54, 1.807) is 4.90 Å². The first-order chi connectivity index (χ1) is 13.2. The third-order valence-electron chi connectivity index (χ3n) is 4.82. The smallest absolute Gasteiger partial charge is 0.303 e. The fraction of sp³-hybridized carbons (Fsp3) is 0.190. The van der Waals surface area contributed by atoms with Crippen molar-refractivity contribution in [3.05, 3.63) is 77.5 Å². The molecule has 1 aromatic heterocycles. The lowest BCUT2D eigenvalue weighted by atomic mass is 9.96. The highest BCUT2D eigenvalue weighted by molar-refractivity contribution is 6.00. The standard InChI is InChI=1S/C21H19N3O3/c25-16(26)12-7-13-24-20(15-10-5-2-6-11-15)17-18(14-8-3-1-4-9-14)22-23-19(17)21(24)27/h1-6,8-11,20H,7,12-13H2,(H,22,23)(H,25,26). The number of aromatic nitrogens is 2. The maximum absolute atomic E-state index is 13.0. The van der Waals surface area contributed by atoms with Gasteiger partial charge in [0.1, 0.15) is 5.69 Å². The van der Waals surface area contributed by atoms with Crippen molar-refractivity contribution < 1.29 is 14.7 Å². The van der Waals surface area contributed by atoms with Crippen LogP contribution in [-0.4, -0.2) is 38.6 Å². The number of amides is 1. The normalized spacial score (nSPS) is 15.8. The molecule has 2 heterocycles. The van der Waals surface area contributed by atoms with Gasteiger partial charge in [-0.1, -0.05) is 60.7 Å². The van der Waals surface area contributed by atoms with E-state index in [9.17, 15) is 9.59 Å². The van der Waals surface area contributed by atoms with Crippen molar-refractivity contribution in [2.24, 2.45) is 0 Å². The second kappa shape index (κ2) is 7.07. The highest BCUT2D eigenvalue weighted by Gasteiger charge is 2.41. The number of benzene rings is 2. The van der Waals surface area contributed by atoms with Crippen molar-refractivity contribution >= 4 is 11.9 Å². The van der Waals surface area contributed by atoms with Crippen LogP contribution in [0.25, 0.3) is 11.3 Å². The lowest BCUT2D eigenvalue weighted by Gasteiger charge is -2.26. The summed E-state index contributed by atoms with van der Waals surface area (Å²) in [7, 11) is 0. The van der Waals surface area contributed by atoms with Gasteiger partial charge in [-0.05, 0) is 12.0 Å². The van der Waals surface area contributed by atoms with Crippen LogP contribution in [0, 0.1) is 0 Å². The molecule has 1 aliphatic heterocycles. The van der Waals surface area contributed by atoms with E-state index >= 15 is 0 Å². The van der Waals surface area contributed by atoms with Crippen molar-refractivity contribution in [3.63, 3.8) is 0 Å². The lowest BCUT2D eigenvalue weighted by molar-refractivity contribution is -0.137. The maximum atomic E-state index is 13.0.